The van der Waals surface area contributed by atoms with Gasteiger partial charge < -0.3 is 15.5 Å². The van der Waals surface area contributed by atoms with Gasteiger partial charge in [0.1, 0.15) is 6.04 Å². The third kappa shape index (κ3) is 5.24. The summed E-state index contributed by atoms with van der Waals surface area (Å²) in [6.07, 6.45) is 3.76. The molecule has 3 rings (SSSR count). The van der Waals surface area contributed by atoms with Gasteiger partial charge in [0.15, 0.2) is 0 Å². The summed E-state index contributed by atoms with van der Waals surface area (Å²) in [6.45, 7) is 3.96. The van der Waals surface area contributed by atoms with Crippen molar-refractivity contribution in [2.24, 2.45) is 5.14 Å². The number of nitrogens with one attached hydrogen (secondary N) is 2. The van der Waals surface area contributed by atoms with Crippen LogP contribution in [0.5, 0.6) is 0 Å². The first-order valence-electron chi connectivity index (χ1n) is 9.38. The summed E-state index contributed by atoms with van der Waals surface area (Å²) in [5, 5.41) is 11.0. The van der Waals surface area contributed by atoms with E-state index >= 15 is 0 Å². The van der Waals surface area contributed by atoms with Crippen molar-refractivity contribution >= 4 is 33.0 Å². The van der Waals surface area contributed by atoms with E-state index in [0.29, 0.717) is 5.69 Å². The maximum absolute atomic E-state index is 12.4. The second-order valence-corrected chi connectivity index (χ2v) is 8.58. The van der Waals surface area contributed by atoms with Crippen molar-refractivity contribution in [3.05, 3.63) is 48.5 Å². The number of carbonyl (C=O) groups is 1. The van der Waals surface area contributed by atoms with E-state index < -0.39 is 16.1 Å². The molecular formula is C20H26N4O3S. The third-order valence-corrected chi connectivity index (χ3v) is 5.74. The molecule has 0 spiro atoms. The molecule has 1 fully saturated rings. The average Bonchev–Trinajstić information content (AvgIpc) is 2.69. The Hall–Kier alpha value is -2.58. The largest absolute Gasteiger partial charge is 0.374 e. The molecule has 0 bridgehead atoms. The average molecular weight is 403 g/mol. The molecule has 150 valence electrons. The summed E-state index contributed by atoms with van der Waals surface area (Å²) < 4.78 is 22.6. The number of rotatable bonds is 6. The van der Waals surface area contributed by atoms with Gasteiger partial charge in [-0.15, -0.1) is 0 Å². The number of hydrogen-bond acceptors (Lipinski definition) is 5. The Bertz CT molecular complexity index is 905. The number of benzene rings is 2. The molecule has 1 amide bonds. The number of hydrogen-bond donors (Lipinski definition) is 3. The van der Waals surface area contributed by atoms with Crippen molar-refractivity contribution in [1.82, 2.24) is 0 Å². The summed E-state index contributed by atoms with van der Waals surface area (Å²) in [6, 6.07) is 13.4. The summed E-state index contributed by atoms with van der Waals surface area (Å²) >= 11 is 0. The molecule has 2 aromatic carbocycles. The van der Waals surface area contributed by atoms with E-state index in [1.807, 2.05) is 12.1 Å². The maximum Gasteiger partial charge on any atom is 0.246 e. The smallest absolute Gasteiger partial charge is 0.246 e. The maximum atomic E-state index is 12.4. The SMILES string of the molecule is CC(Nc1ccc(N2CCCCC2)cc1)C(=O)Nc1ccc(S(N)(=O)=O)cc1. The highest BCUT2D eigenvalue weighted by Gasteiger charge is 2.15. The first-order valence-corrected chi connectivity index (χ1v) is 10.9. The molecule has 1 atom stereocenters. The molecule has 28 heavy (non-hydrogen) atoms. The zero-order chi connectivity index (χ0) is 20.1. The summed E-state index contributed by atoms with van der Waals surface area (Å²) in [5.41, 5.74) is 2.58. The van der Waals surface area contributed by atoms with Gasteiger partial charge in [-0.1, -0.05) is 0 Å². The third-order valence-electron chi connectivity index (χ3n) is 4.82. The van der Waals surface area contributed by atoms with Gasteiger partial charge >= 0.3 is 0 Å². The first kappa shape index (κ1) is 20.2. The number of nitrogens with two attached hydrogens (primary N) is 1. The topological polar surface area (TPSA) is 105 Å². The minimum atomic E-state index is -3.75. The van der Waals surface area contributed by atoms with Gasteiger partial charge in [0.25, 0.3) is 0 Å². The highest BCUT2D eigenvalue weighted by Crippen LogP contribution is 2.22. The molecule has 0 saturated carbocycles. The van der Waals surface area contributed by atoms with Crippen molar-refractivity contribution in [1.29, 1.82) is 0 Å². The van der Waals surface area contributed by atoms with Crippen LogP contribution in [-0.4, -0.2) is 33.5 Å². The Balaban J connectivity index is 1.56. The number of piperidine rings is 1. The van der Waals surface area contributed by atoms with Gasteiger partial charge in [-0.05, 0) is 74.7 Å². The summed E-state index contributed by atoms with van der Waals surface area (Å²) in [5.74, 6) is -0.219. The fourth-order valence-electron chi connectivity index (χ4n) is 3.21. The number of sulfonamides is 1. The van der Waals surface area contributed by atoms with Crippen LogP contribution in [0.15, 0.2) is 53.4 Å². The number of carbonyl (C=O) groups excluding carboxylic acids is 1. The van der Waals surface area contributed by atoms with Gasteiger partial charge in [0, 0.05) is 30.2 Å². The quantitative estimate of drug-likeness (QED) is 0.689. The van der Waals surface area contributed by atoms with Crippen LogP contribution < -0.4 is 20.7 Å². The van der Waals surface area contributed by atoms with Crippen LogP contribution in [0, 0.1) is 0 Å². The number of primary sulfonamides is 1. The fourth-order valence-corrected chi connectivity index (χ4v) is 3.73. The molecule has 8 heteroatoms. The minimum Gasteiger partial charge on any atom is -0.374 e. The Kier molecular flexibility index (Phi) is 6.21. The lowest BCUT2D eigenvalue weighted by Gasteiger charge is -2.29. The molecular weight excluding hydrogens is 376 g/mol. The highest BCUT2D eigenvalue weighted by atomic mass is 32.2. The molecule has 1 heterocycles. The molecule has 1 aliphatic rings. The van der Waals surface area contributed by atoms with Crippen LogP contribution in [0.25, 0.3) is 0 Å². The monoisotopic (exact) mass is 402 g/mol. The zero-order valence-corrected chi connectivity index (χ0v) is 16.7. The summed E-state index contributed by atoms with van der Waals surface area (Å²) in [4.78, 5) is 14.8. The van der Waals surface area contributed by atoms with Crippen molar-refractivity contribution in [3.8, 4) is 0 Å². The van der Waals surface area contributed by atoms with Crippen LogP contribution in [0.1, 0.15) is 26.2 Å². The minimum absolute atomic E-state index is 0.00506. The molecule has 1 saturated heterocycles. The predicted octanol–water partition coefficient (Wildman–Crippen LogP) is 2.76. The number of nitrogens with zero attached hydrogens (tertiary/aromatic N) is 1. The van der Waals surface area contributed by atoms with Gasteiger partial charge in [-0.25, -0.2) is 13.6 Å². The van der Waals surface area contributed by atoms with Crippen molar-refractivity contribution in [2.75, 3.05) is 28.6 Å². The number of anilines is 3. The first-order chi connectivity index (χ1) is 13.3. The van der Waals surface area contributed by atoms with E-state index in [9.17, 15) is 13.2 Å². The van der Waals surface area contributed by atoms with Gasteiger partial charge in [0.05, 0.1) is 4.90 Å². The van der Waals surface area contributed by atoms with E-state index in [1.54, 1.807) is 6.92 Å². The van der Waals surface area contributed by atoms with E-state index in [2.05, 4.69) is 27.7 Å². The van der Waals surface area contributed by atoms with E-state index in [1.165, 1.54) is 49.2 Å². The Labute approximate surface area is 166 Å². The summed E-state index contributed by atoms with van der Waals surface area (Å²) in [7, 11) is -3.75. The standard InChI is InChI=1S/C20H26N4O3S/c1-15(20(25)23-17-7-11-19(12-8-17)28(21,26)27)22-16-5-9-18(10-6-16)24-13-3-2-4-14-24/h5-12,15,22H,2-4,13-14H2,1H3,(H,23,25)(H2,21,26,27). The van der Waals surface area contributed by atoms with Crippen LogP contribution in [0.2, 0.25) is 0 Å². The lowest BCUT2D eigenvalue weighted by molar-refractivity contribution is -0.116. The molecule has 7 nitrogen and oxygen atoms in total. The van der Waals surface area contributed by atoms with Crippen molar-refractivity contribution in [3.63, 3.8) is 0 Å². The molecule has 1 unspecified atom stereocenters. The molecule has 0 radical (unpaired) electrons. The molecule has 1 aliphatic heterocycles. The molecule has 2 aromatic rings. The van der Waals surface area contributed by atoms with E-state index in [4.69, 9.17) is 5.14 Å². The Morgan fingerprint density at radius 3 is 2.11 bits per heavy atom. The fraction of sp³-hybridized carbons (Fsp3) is 0.350. The van der Waals surface area contributed by atoms with Crippen LogP contribution in [-0.2, 0) is 14.8 Å². The van der Waals surface area contributed by atoms with Gasteiger partial charge in [0.2, 0.25) is 15.9 Å². The normalized spacial score (nSPS) is 15.7. The van der Waals surface area contributed by atoms with E-state index in [-0.39, 0.29) is 10.8 Å². The van der Waals surface area contributed by atoms with E-state index in [0.717, 1.165) is 18.8 Å². The second-order valence-electron chi connectivity index (χ2n) is 7.02. The van der Waals surface area contributed by atoms with Gasteiger partial charge in [-0.2, -0.15) is 0 Å². The van der Waals surface area contributed by atoms with Crippen LogP contribution in [0.4, 0.5) is 17.1 Å². The highest BCUT2D eigenvalue weighted by molar-refractivity contribution is 7.89. The van der Waals surface area contributed by atoms with Crippen LogP contribution >= 0.6 is 0 Å². The molecule has 0 aliphatic carbocycles. The molecule has 0 aromatic heterocycles. The van der Waals surface area contributed by atoms with Gasteiger partial charge in [-0.3, -0.25) is 4.79 Å². The van der Waals surface area contributed by atoms with Crippen molar-refractivity contribution < 1.29 is 13.2 Å². The lowest BCUT2D eigenvalue weighted by Crippen LogP contribution is -2.32. The zero-order valence-electron chi connectivity index (χ0n) is 15.9. The Morgan fingerprint density at radius 2 is 1.54 bits per heavy atom. The predicted molar refractivity (Wildman–Crippen MR) is 112 cm³/mol. The molecule has 4 N–H and O–H groups in total. The van der Waals surface area contributed by atoms with Crippen molar-refractivity contribution in [2.45, 2.75) is 37.1 Å². The lowest BCUT2D eigenvalue weighted by atomic mass is 10.1. The number of amides is 1. The van der Waals surface area contributed by atoms with Crippen LogP contribution in [0.3, 0.4) is 0 Å². The second kappa shape index (κ2) is 8.62. The Morgan fingerprint density at radius 1 is 0.964 bits per heavy atom.